The zero-order valence-electron chi connectivity index (χ0n) is 12.8. The van der Waals surface area contributed by atoms with E-state index in [4.69, 9.17) is 5.11 Å². The molecule has 0 aliphatic rings. The third-order valence-electron chi connectivity index (χ3n) is 3.12. The maximum absolute atomic E-state index is 12.3. The van der Waals surface area contributed by atoms with Crippen LogP contribution in [0.2, 0.25) is 0 Å². The molecule has 1 aromatic carbocycles. The highest BCUT2D eigenvalue weighted by Crippen LogP contribution is 2.18. The molecule has 132 valence electrons. The summed E-state index contributed by atoms with van der Waals surface area (Å²) >= 11 is 4.19. The van der Waals surface area contributed by atoms with Gasteiger partial charge in [-0.15, -0.1) is 0 Å². The minimum atomic E-state index is -3.36. The lowest BCUT2D eigenvalue weighted by molar-refractivity contribution is -0.131. The van der Waals surface area contributed by atoms with Gasteiger partial charge in [0.15, 0.2) is 9.84 Å². The number of sulfone groups is 1. The first kappa shape index (κ1) is 20.1. The fourth-order valence-electron chi connectivity index (χ4n) is 1.91. The van der Waals surface area contributed by atoms with Crippen LogP contribution in [0.5, 0.6) is 0 Å². The Kier molecular flexibility index (Phi) is 7.19. The molecule has 0 amide bonds. The first-order valence-corrected chi connectivity index (χ1v) is 10.9. The second-order valence-corrected chi connectivity index (χ2v) is 9.49. The van der Waals surface area contributed by atoms with Crippen LogP contribution in [-0.4, -0.2) is 36.8 Å². The van der Waals surface area contributed by atoms with E-state index in [9.17, 15) is 13.2 Å². The van der Waals surface area contributed by atoms with E-state index in [1.807, 2.05) is 0 Å². The number of aromatic nitrogens is 1. The quantitative estimate of drug-likeness (QED) is 0.384. The van der Waals surface area contributed by atoms with Gasteiger partial charge in [-0.2, -0.15) is 0 Å². The molecule has 2 rings (SSSR count). The topological polar surface area (TPSA) is 96.4 Å². The predicted octanol–water partition coefficient (Wildman–Crippen LogP) is 3.27. The minimum Gasteiger partial charge on any atom is -0.478 e. The maximum atomic E-state index is 12.3. The summed E-state index contributed by atoms with van der Waals surface area (Å²) in [7, 11) is -3.36. The number of carboxylic acids is 1. The average Bonchev–Trinajstić information content (AvgIpc) is 2.55. The lowest BCUT2D eigenvalue weighted by Crippen LogP contribution is -2.17. The van der Waals surface area contributed by atoms with E-state index in [-0.39, 0.29) is 12.3 Å². The van der Waals surface area contributed by atoms with Crippen molar-refractivity contribution in [1.82, 2.24) is 4.98 Å². The first-order chi connectivity index (χ1) is 11.8. The van der Waals surface area contributed by atoms with E-state index in [1.54, 1.807) is 30.3 Å². The summed E-state index contributed by atoms with van der Waals surface area (Å²) in [6.07, 6.45) is 4.01. The molecule has 0 fully saturated rings. The smallest absolute Gasteiger partial charge is 0.328 e. The maximum Gasteiger partial charge on any atom is 0.328 e. The molecule has 0 atom stereocenters. The molecule has 0 aliphatic heterocycles. The van der Waals surface area contributed by atoms with Crippen LogP contribution in [0.1, 0.15) is 5.56 Å². The number of carbonyl (C=O) groups is 1. The Labute approximate surface area is 172 Å². The molecule has 0 unspecified atom stereocenters. The van der Waals surface area contributed by atoms with Crippen molar-refractivity contribution in [3.63, 3.8) is 0 Å². The number of carboxylic acid groups (broad SMARTS) is 1. The number of hydrogen-bond donors (Lipinski definition) is 2. The Balaban J connectivity index is 1.99. The van der Waals surface area contributed by atoms with Crippen molar-refractivity contribution in [1.29, 1.82) is 0 Å². The van der Waals surface area contributed by atoms with E-state index >= 15 is 0 Å². The van der Waals surface area contributed by atoms with Gasteiger partial charge in [0.2, 0.25) is 0 Å². The van der Waals surface area contributed by atoms with Gasteiger partial charge in [-0.25, -0.2) is 18.2 Å². The number of anilines is 1. The van der Waals surface area contributed by atoms with E-state index in [1.165, 1.54) is 12.3 Å². The third kappa shape index (κ3) is 6.22. The van der Waals surface area contributed by atoms with Gasteiger partial charge in [0, 0.05) is 22.4 Å². The van der Waals surface area contributed by atoms with Crippen LogP contribution in [0, 0.1) is 7.14 Å². The van der Waals surface area contributed by atoms with Crippen LogP contribution >= 0.6 is 45.2 Å². The molecule has 0 spiro atoms. The second kappa shape index (κ2) is 8.94. The fraction of sp³-hybridized carbons (Fsp3) is 0.125. The third-order valence-corrected chi connectivity index (χ3v) is 6.39. The van der Waals surface area contributed by atoms with Crippen molar-refractivity contribution in [3.8, 4) is 0 Å². The molecule has 0 saturated heterocycles. The fourth-order valence-corrected chi connectivity index (χ4v) is 4.11. The molecule has 2 N–H and O–H groups in total. The minimum absolute atomic E-state index is 0.0496. The van der Waals surface area contributed by atoms with E-state index in [0.29, 0.717) is 16.3 Å². The lowest BCUT2D eigenvalue weighted by atomic mass is 10.2. The number of benzene rings is 1. The average molecular weight is 584 g/mol. The van der Waals surface area contributed by atoms with Gasteiger partial charge >= 0.3 is 5.97 Å². The van der Waals surface area contributed by atoms with Crippen LogP contribution in [0.15, 0.2) is 47.5 Å². The Morgan fingerprint density at radius 3 is 2.52 bits per heavy atom. The Morgan fingerprint density at radius 2 is 1.92 bits per heavy atom. The summed E-state index contributed by atoms with van der Waals surface area (Å²) in [5.41, 5.74) is 0.656. The van der Waals surface area contributed by atoms with Gasteiger partial charge in [0.25, 0.3) is 0 Å². The highest BCUT2D eigenvalue weighted by Gasteiger charge is 2.14. The number of nitrogens with one attached hydrogen (secondary N) is 1. The van der Waals surface area contributed by atoms with Crippen molar-refractivity contribution < 1.29 is 18.3 Å². The van der Waals surface area contributed by atoms with Crippen LogP contribution in [-0.2, 0) is 14.6 Å². The molecular formula is C16H14I2N2O4S. The van der Waals surface area contributed by atoms with Crippen LogP contribution in [0.4, 0.5) is 5.82 Å². The number of aliphatic carboxylic acids is 1. The molecular weight excluding hydrogens is 570 g/mol. The number of rotatable bonds is 7. The predicted molar refractivity (Wildman–Crippen MR) is 113 cm³/mol. The van der Waals surface area contributed by atoms with Crippen molar-refractivity contribution in [3.05, 3.63) is 55.3 Å². The van der Waals surface area contributed by atoms with Gasteiger partial charge in [-0.1, -0.05) is 0 Å². The van der Waals surface area contributed by atoms with Crippen molar-refractivity contribution >= 4 is 72.9 Å². The monoisotopic (exact) mass is 584 g/mol. The molecule has 0 saturated carbocycles. The first-order valence-electron chi connectivity index (χ1n) is 7.07. The largest absolute Gasteiger partial charge is 0.478 e. The summed E-state index contributed by atoms with van der Waals surface area (Å²) in [4.78, 5) is 15.0. The van der Waals surface area contributed by atoms with Crippen LogP contribution in [0.25, 0.3) is 6.08 Å². The van der Waals surface area contributed by atoms with E-state index < -0.39 is 15.8 Å². The normalized spacial score (nSPS) is 11.6. The Hall–Kier alpha value is -1.21. The summed E-state index contributed by atoms with van der Waals surface area (Å²) in [6.45, 7) is 0.224. The summed E-state index contributed by atoms with van der Waals surface area (Å²) in [5.74, 6) is -0.518. The standard InChI is InChI=1S/C16H14I2N2O4S/c17-12-2-4-13(5-3-12)25(23,24)8-7-19-16-14(18)9-11(10-20-16)1-6-15(21)22/h1-6,9-10H,7-8H2,(H,19,20)(H,21,22)/b6-1+. The van der Waals surface area contributed by atoms with E-state index in [2.05, 4.69) is 55.5 Å². The molecule has 6 nitrogen and oxygen atoms in total. The van der Waals surface area contributed by atoms with Gasteiger partial charge in [-0.3, -0.25) is 0 Å². The summed E-state index contributed by atoms with van der Waals surface area (Å²) in [5, 5.41) is 11.6. The molecule has 1 aromatic heterocycles. The number of nitrogens with zero attached hydrogens (tertiary/aromatic N) is 1. The highest BCUT2D eigenvalue weighted by atomic mass is 127. The SMILES string of the molecule is O=C(O)/C=C/c1cnc(NCCS(=O)(=O)c2ccc(I)cc2)c(I)c1. The molecule has 9 heteroatoms. The van der Waals surface area contributed by atoms with Crippen molar-refractivity contribution in [2.75, 3.05) is 17.6 Å². The molecule has 0 bridgehead atoms. The van der Waals surface area contributed by atoms with Gasteiger partial charge in [0.05, 0.1) is 14.2 Å². The molecule has 1 heterocycles. The Morgan fingerprint density at radius 1 is 1.24 bits per heavy atom. The number of halogens is 2. The summed E-state index contributed by atoms with van der Waals surface area (Å²) < 4.78 is 26.3. The molecule has 0 aliphatic carbocycles. The molecule has 0 radical (unpaired) electrons. The van der Waals surface area contributed by atoms with E-state index in [0.717, 1.165) is 13.2 Å². The number of hydrogen-bond acceptors (Lipinski definition) is 5. The zero-order chi connectivity index (χ0) is 18.4. The number of pyridine rings is 1. The second-order valence-electron chi connectivity index (χ2n) is 4.97. The zero-order valence-corrected chi connectivity index (χ0v) is 17.9. The van der Waals surface area contributed by atoms with Gasteiger partial charge in [0.1, 0.15) is 5.82 Å². The highest BCUT2D eigenvalue weighted by molar-refractivity contribution is 14.1. The Bertz CT molecular complexity index is 897. The van der Waals surface area contributed by atoms with Crippen LogP contribution in [0.3, 0.4) is 0 Å². The van der Waals surface area contributed by atoms with Crippen LogP contribution < -0.4 is 5.32 Å². The van der Waals surface area contributed by atoms with Crippen molar-refractivity contribution in [2.24, 2.45) is 0 Å². The molecule has 2 aromatic rings. The van der Waals surface area contributed by atoms with Gasteiger partial charge in [-0.05, 0) is 87.2 Å². The van der Waals surface area contributed by atoms with Crippen molar-refractivity contribution in [2.45, 2.75) is 4.90 Å². The lowest BCUT2D eigenvalue weighted by Gasteiger charge is -2.09. The summed E-state index contributed by atoms with van der Waals surface area (Å²) in [6, 6.07) is 8.48. The molecule has 25 heavy (non-hydrogen) atoms. The van der Waals surface area contributed by atoms with Gasteiger partial charge < -0.3 is 10.4 Å².